The third kappa shape index (κ3) is 3.05. The number of ether oxygens (including phenoxy) is 1. The summed E-state index contributed by atoms with van der Waals surface area (Å²) in [5.41, 5.74) is 1.63. The molecule has 1 aromatic carbocycles. The summed E-state index contributed by atoms with van der Waals surface area (Å²) in [6, 6.07) is 5.50. The third-order valence-corrected chi connectivity index (χ3v) is 3.14. The lowest BCUT2D eigenvalue weighted by molar-refractivity contribution is -0.139. The maximum atomic E-state index is 11.9. The fraction of sp³-hybridized carbons (Fsp3) is 0.429. The predicted molar refractivity (Wildman–Crippen MR) is 70.2 cm³/mol. The summed E-state index contributed by atoms with van der Waals surface area (Å²) in [6.45, 7) is 4.32. The molecule has 2 atom stereocenters. The van der Waals surface area contributed by atoms with Crippen molar-refractivity contribution in [3.8, 4) is 5.75 Å². The van der Waals surface area contributed by atoms with Crippen molar-refractivity contribution in [3.05, 3.63) is 23.8 Å². The molecule has 5 heteroatoms. The lowest BCUT2D eigenvalue weighted by Gasteiger charge is -2.12. The predicted octanol–water partition coefficient (Wildman–Crippen LogP) is 2.05. The molecule has 0 heterocycles. The molecule has 0 bridgehead atoms. The molecule has 1 aliphatic carbocycles. The van der Waals surface area contributed by atoms with Gasteiger partial charge in [-0.2, -0.15) is 0 Å². The van der Waals surface area contributed by atoms with E-state index in [4.69, 9.17) is 9.84 Å². The number of carbonyl (C=O) groups is 2. The lowest BCUT2D eigenvalue weighted by atomic mass is 10.2. The van der Waals surface area contributed by atoms with Gasteiger partial charge < -0.3 is 15.2 Å². The molecule has 0 spiro atoms. The molecule has 0 aromatic heterocycles. The van der Waals surface area contributed by atoms with Gasteiger partial charge in [0.25, 0.3) is 0 Å². The second-order valence-electron chi connectivity index (χ2n) is 4.71. The molecule has 5 nitrogen and oxygen atoms in total. The zero-order valence-corrected chi connectivity index (χ0v) is 11.0. The number of carboxylic acids is 1. The fourth-order valence-electron chi connectivity index (χ4n) is 1.99. The van der Waals surface area contributed by atoms with Crippen LogP contribution in [-0.4, -0.2) is 23.6 Å². The number of anilines is 1. The zero-order chi connectivity index (χ0) is 14.0. The standard InChI is InChI=1S/C14H17NO4/c1-3-19-12-6-8(2)4-5-11(12)15-13(16)9-7-10(9)14(17)18/h4-6,9-10H,3,7H2,1-2H3,(H,15,16)(H,17,18). The van der Waals surface area contributed by atoms with Gasteiger partial charge in [-0.15, -0.1) is 0 Å². The number of hydrogen-bond acceptors (Lipinski definition) is 3. The molecule has 102 valence electrons. The first-order valence-electron chi connectivity index (χ1n) is 6.30. The summed E-state index contributed by atoms with van der Waals surface area (Å²) >= 11 is 0. The molecule has 0 aliphatic heterocycles. The molecule has 1 amide bonds. The van der Waals surface area contributed by atoms with E-state index in [1.807, 2.05) is 26.0 Å². The van der Waals surface area contributed by atoms with Crippen LogP contribution in [0.3, 0.4) is 0 Å². The maximum Gasteiger partial charge on any atom is 0.307 e. The minimum Gasteiger partial charge on any atom is -0.492 e. The lowest BCUT2D eigenvalue weighted by Crippen LogP contribution is -2.17. The minimum atomic E-state index is -0.908. The van der Waals surface area contributed by atoms with Gasteiger partial charge in [0.2, 0.25) is 5.91 Å². The van der Waals surface area contributed by atoms with Crippen LogP contribution in [0.25, 0.3) is 0 Å². The molecule has 19 heavy (non-hydrogen) atoms. The van der Waals surface area contributed by atoms with E-state index < -0.39 is 17.8 Å². The van der Waals surface area contributed by atoms with Crippen LogP contribution < -0.4 is 10.1 Å². The van der Waals surface area contributed by atoms with Crippen LogP contribution in [0.5, 0.6) is 5.75 Å². The van der Waals surface area contributed by atoms with Gasteiger partial charge in [-0.1, -0.05) is 6.07 Å². The quantitative estimate of drug-likeness (QED) is 0.852. The van der Waals surface area contributed by atoms with Crippen LogP contribution >= 0.6 is 0 Å². The van der Waals surface area contributed by atoms with E-state index in [9.17, 15) is 9.59 Å². The van der Waals surface area contributed by atoms with E-state index in [-0.39, 0.29) is 5.91 Å². The molecular formula is C14H17NO4. The number of hydrogen-bond donors (Lipinski definition) is 2. The van der Waals surface area contributed by atoms with Gasteiger partial charge in [0.15, 0.2) is 0 Å². The SMILES string of the molecule is CCOc1cc(C)ccc1NC(=O)C1CC1C(=O)O. The van der Waals surface area contributed by atoms with Crippen molar-refractivity contribution in [2.24, 2.45) is 11.8 Å². The molecule has 2 rings (SSSR count). The molecule has 1 saturated carbocycles. The molecule has 2 unspecified atom stereocenters. The van der Waals surface area contributed by atoms with Crippen molar-refractivity contribution in [1.29, 1.82) is 0 Å². The van der Waals surface area contributed by atoms with Gasteiger partial charge in [0.05, 0.1) is 24.1 Å². The number of nitrogens with one attached hydrogen (secondary N) is 1. The van der Waals surface area contributed by atoms with Crippen LogP contribution in [0.4, 0.5) is 5.69 Å². The van der Waals surface area contributed by atoms with Gasteiger partial charge >= 0.3 is 5.97 Å². The first-order valence-corrected chi connectivity index (χ1v) is 6.30. The highest BCUT2D eigenvalue weighted by Gasteiger charge is 2.48. The molecule has 1 aromatic rings. The molecule has 1 aliphatic rings. The van der Waals surface area contributed by atoms with Crippen molar-refractivity contribution in [2.75, 3.05) is 11.9 Å². The maximum absolute atomic E-state index is 11.9. The fourth-order valence-corrected chi connectivity index (χ4v) is 1.99. The van der Waals surface area contributed by atoms with Crippen LogP contribution in [-0.2, 0) is 9.59 Å². The van der Waals surface area contributed by atoms with Crippen molar-refractivity contribution >= 4 is 17.6 Å². The summed E-state index contributed by atoms with van der Waals surface area (Å²) in [4.78, 5) is 22.6. The summed E-state index contributed by atoms with van der Waals surface area (Å²) in [7, 11) is 0. The number of amides is 1. The van der Waals surface area contributed by atoms with E-state index in [1.165, 1.54) is 0 Å². The second kappa shape index (κ2) is 5.30. The van der Waals surface area contributed by atoms with Crippen molar-refractivity contribution in [3.63, 3.8) is 0 Å². The van der Waals surface area contributed by atoms with Gasteiger partial charge in [0.1, 0.15) is 5.75 Å². The number of benzene rings is 1. The van der Waals surface area contributed by atoms with Gasteiger partial charge in [-0.3, -0.25) is 9.59 Å². The van der Waals surface area contributed by atoms with E-state index in [0.717, 1.165) is 5.56 Å². The molecule has 1 fully saturated rings. The summed E-state index contributed by atoms with van der Waals surface area (Å²) in [5.74, 6) is -1.51. The van der Waals surface area contributed by atoms with Gasteiger partial charge in [-0.05, 0) is 38.0 Å². The van der Waals surface area contributed by atoms with Gasteiger partial charge in [0, 0.05) is 0 Å². The summed E-state index contributed by atoms with van der Waals surface area (Å²) in [6.07, 6.45) is 0.414. The monoisotopic (exact) mass is 263 g/mol. The Hall–Kier alpha value is -2.04. The molecule has 0 saturated heterocycles. The Morgan fingerprint density at radius 3 is 2.74 bits per heavy atom. The van der Waals surface area contributed by atoms with Crippen LogP contribution in [0.15, 0.2) is 18.2 Å². The first-order chi connectivity index (χ1) is 9.02. The average Bonchev–Trinajstić information content (AvgIpc) is 3.13. The first kappa shape index (κ1) is 13.4. The van der Waals surface area contributed by atoms with Crippen molar-refractivity contribution in [1.82, 2.24) is 0 Å². The topological polar surface area (TPSA) is 75.6 Å². The Balaban J connectivity index is 2.07. The number of carbonyl (C=O) groups excluding carboxylic acids is 1. The normalized spacial score (nSPS) is 20.7. The number of aryl methyl sites for hydroxylation is 1. The smallest absolute Gasteiger partial charge is 0.307 e. The molecule has 0 radical (unpaired) electrons. The Labute approximate surface area is 111 Å². The Kier molecular flexibility index (Phi) is 3.74. The minimum absolute atomic E-state index is 0.253. The molecule has 2 N–H and O–H groups in total. The van der Waals surface area contributed by atoms with Crippen molar-refractivity contribution in [2.45, 2.75) is 20.3 Å². The summed E-state index contributed by atoms with van der Waals surface area (Å²) in [5, 5.41) is 11.6. The van der Waals surface area contributed by atoms with E-state index in [2.05, 4.69) is 5.32 Å². The van der Waals surface area contributed by atoms with Crippen molar-refractivity contribution < 1.29 is 19.4 Å². The highest BCUT2D eigenvalue weighted by atomic mass is 16.5. The Morgan fingerprint density at radius 1 is 1.42 bits per heavy atom. The number of carboxylic acid groups (broad SMARTS) is 1. The third-order valence-electron chi connectivity index (χ3n) is 3.14. The highest BCUT2D eigenvalue weighted by Crippen LogP contribution is 2.40. The average molecular weight is 263 g/mol. The van der Waals surface area contributed by atoms with Gasteiger partial charge in [-0.25, -0.2) is 0 Å². The largest absolute Gasteiger partial charge is 0.492 e. The summed E-state index contributed by atoms with van der Waals surface area (Å²) < 4.78 is 5.46. The Morgan fingerprint density at radius 2 is 2.16 bits per heavy atom. The number of rotatable bonds is 5. The van der Waals surface area contributed by atoms with Crippen LogP contribution in [0, 0.1) is 18.8 Å². The van der Waals surface area contributed by atoms with E-state index in [1.54, 1.807) is 6.07 Å². The Bertz CT molecular complexity index is 512. The van der Waals surface area contributed by atoms with E-state index in [0.29, 0.717) is 24.5 Å². The highest BCUT2D eigenvalue weighted by molar-refractivity contribution is 5.99. The van der Waals surface area contributed by atoms with Crippen LogP contribution in [0.2, 0.25) is 0 Å². The molecular weight excluding hydrogens is 246 g/mol. The zero-order valence-electron chi connectivity index (χ0n) is 11.0. The van der Waals surface area contributed by atoms with Crippen LogP contribution in [0.1, 0.15) is 18.9 Å². The second-order valence-corrected chi connectivity index (χ2v) is 4.71. The number of aliphatic carboxylic acids is 1. The van der Waals surface area contributed by atoms with E-state index >= 15 is 0 Å².